The first-order valence-electron chi connectivity index (χ1n) is 9.50. The molecule has 0 saturated heterocycles. The van der Waals surface area contributed by atoms with Gasteiger partial charge in [-0.25, -0.2) is 9.38 Å². The van der Waals surface area contributed by atoms with Crippen molar-refractivity contribution in [2.45, 2.75) is 19.5 Å². The third kappa shape index (κ3) is 4.32. The Bertz CT molecular complexity index is 1160. The van der Waals surface area contributed by atoms with Gasteiger partial charge < -0.3 is 4.74 Å². The molecule has 1 aliphatic heterocycles. The minimum absolute atomic E-state index is 0.277. The summed E-state index contributed by atoms with van der Waals surface area (Å²) in [4.78, 5) is 6.57. The minimum atomic E-state index is -4.73. The van der Waals surface area contributed by atoms with Crippen LogP contribution in [0, 0.1) is 12.7 Å². The summed E-state index contributed by atoms with van der Waals surface area (Å²) >= 11 is 7.74. The lowest BCUT2D eigenvalue weighted by Crippen LogP contribution is -2.37. The predicted molar refractivity (Wildman–Crippen MR) is 117 cm³/mol. The lowest BCUT2D eigenvalue weighted by molar-refractivity contribution is -0.274. The van der Waals surface area contributed by atoms with Crippen molar-refractivity contribution in [3.05, 3.63) is 75.4 Å². The van der Waals surface area contributed by atoms with E-state index < -0.39 is 18.3 Å². The number of hydrazine groups is 1. The number of alkyl halides is 3. The summed E-state index contributed by atoms with van der Waals surface area (Å²) < 4.78 is 55.6. The fourth-order valence-corrected chi connectivity index (χ4v) is 4.80. The summed E-state index contributed by atoms with van der Waals surface area (Å²) in [6.45, 7) is 1.93. The molecular weight excluding hydrogens is 466 g/mol. The average molecular weight is 484 g/mol. The first-order valence-corrected chi connectivity index (χ1v) is 10.7. The number of nitrogens with zero attached hydrogens (tertiary/aromatic N) is 3. The molecular formula is C22H18ClF4N3OS. The third-order valence-electron chi connectivity index (χ3n) is 5.17. The molecule has 0 saturated carbocycles. The van der Waals surface area contributed by atoms with E-state index in [4.69, 9.17) is 16.6 Å². The van der Waals surface area contributed by atoms with Crippen molar-refractivity contribution in [2.75, 3.05) is 14.1 Å². The molecule has 4 rings (SSSR count). The first kappa shape index (κ1) is 22.6. The molecule has 0 fully saturated rings. The van der Waals surface area contributed by atoms with Gasteiger partial charge in [0.25, 0.3) is 0 Å². The Morgan fingerprint density at radius 3 is 2.41 bits per heavy atom. The van der Waals surface area contributed by atoms with Crippen LogP contribution in [0.5, 0.6) is 5.75 Å². The van der Waals surface area contributed by atoms with Crippen molar-refractivity contribution in [3.8, 4) is 16.2 Å². The number of aryl methyl sites for hydroxylation is 1. The maximum atomic E-state index is 14.5. The Balaban J connectivity index is 1.66. The highest BCUT2D eigenvalue weighted by atomic mass is 35.5. The van der Waals surface area contributed by atoms with E-state index in [9.17, 15) is 17.6 Å². The molecule has 2 aromatic carbocycles. The van der Waals surface area contributed by atoms with Crippen molar-refractivity contribution in [1.82, 2.24) is 10.0 Å². The van der Waals surface area contributed by atoms with E-state index >= 15 is 0 Å². The minimum Gasteiger partial charge on any atom is -0.406 e. The van der Waals surface area contributed by atoms with Gasteiger partial charge in [-0.2, -0.15) is 5.01 Å². The summed E-state index contributed by atoms with van der Waals surface area (Å²) in [7, 11) is 3.62. The Morgan fingerprint density at radius 2 is 1.78 bits per heavy atom. The third-order valence-corrected chi connectivity index (χ3v) is 6.60. The molecule has 0 radical (unpaired) electrons. The number of hydrogen-bond donors (Lipinski definition) is 0. The van der Waals surface area contributed by atoms with Crippen LogP contribution in [0.4, 0.5) is 17.6 Å². The number of hydrogen-bond acceptors (Lipinski definition) is 5. The highest BCUT2D eigenvalue weighted by Gasteiger charge is 2.34. The van der Waals surface area contributed by atoms with Gasteiger partial charge in [0.1, 0.15) is 17.4 Å². The van der Waals surface area contributed by atoms with Gasteiger partial charge in [0, 0.05) is 35.0 Å². The summed E-state index contributed by atoms with van der Waals surface area (Å²) in [6.07, 6.45) is -5.35. The highest BCUT2D eigenvalue weighted by Crippen LogP contribution is 2.39. The van der Waals surface area contributed by atoms with Crippen LogP contribution in [-0.4, -0.2) is 36.3 Å². The van der Waals surface area contributed by atoms with E-state index in [-0.39, 0.29) is 5.75 Å². The summed E-state index contributed by atoms with van der Waals surface area (Å²) in [6, 6.07) is 12.2. The van der Waals surface area contributed by atoms with Crippen LogP contribution in [0.15, 0.2) is 53.5 Å². The number of rotatable bonds is 4. The Hall–Kier alpha value is -2.62. The quantitative estimate of drug-likeness (QED) is 0.389. The van der Waals surface area contributed by atoms with Crippen molar-refractivity contribution in [2.24, 2.45) is 4.99 Å². The van der Waals surface area contributed by atoms with Crippen LogP contribution >= 0.6 is 22.9 Å². The standard InChI is InChI=1S/C22H18ClF4N3OS/c1-12-15(11-18(32-12)13-7-9-14(10-8-13)31-22(25,26)27)20-28-21(30(3)29(20)2)19-16(23)5-4-6-17(19)24/h4-11,21H,1-3H3. The van der Waals surface area contributed by atoms with E-state index in [0.29, 0.717) is 16.4 Å². The molecule has 3 aromatic rings. The van der Waals surface area contributed by atoms with Gasteiger partial charge in [-0.3, -0.25) is 5.01 Å². The summed E-state index contributed by atoms with van der Waals surface area (Å²) in [5.41, 5.74) is 1.90. The zero-order chi connectivity index (χ0) is 23.2. The maximum absolute atomic E-state index is 14.5. The first-order chi connectivity index (χ1) is 15.0. The fourth-order valence-electron chi connectivity index (χ4n) is 3.52. The molecule has 1 atom stereocenters. The van der Waals surface area contributed by atoms with Gasteiger partial charge in [-0.15, -0.1) is 24.5 Å². The number of ether oxygens (including phenoxy) is 1. The van der Waals surface area contributed by atoms with E-state index in [0.717, 1.165) is 20.9 Å². The molecule has 10 heteroatoms. The number of aliphatic imine (C=N–C) groups is 1. The van der Waals surface area contributed by atoms with E-state index in [1.807, 2.05) is 25.0 Å². The molecule has 1 aromatic heterocycles. The predicted octanol–water partition coefficient (Wildman–Crippen LogP) is 6.65. The van der Waals surface area contributed by atoms with Crippen molar-refractivity contribution in [1.29, 1.82) is 0 Å². The lowest BCUT2D eigenvalue weighted by Gasteiger charge is -2.27. The number of halogens is 5. The monoisotopic (exact) mass is 483 g/mol. The van der Waals surface area contributed by atoms with Crippen LogP contribution < -0.4 is 4.74 Å². The van der Waals surface area contributed by atoms with Crippen molar-refractivity contribution >= 4 is 28.8 Å². The van der Waals surface area contributed by atoms with Gasteiger partial charge in [0.2, 0.25) is 0 Å². The Kier molecular flexibility index (Phi) is 5.91. The van der Waals surface area contributed by atoms with Gasteiger partial charge in [-0.05, 0) is 55.0 Å². The highest BCUT2D eigenvalue weighted by molar-refractivity contribution is 7.15. The van der Waals surface area contributed by atoms with Gasteiger partial charge in [0.15, 0.2) is 6.17 Å². The van der Waals surface area contributed by atoms with Gasteiger partial charge in [0.05, 0.1) is 5.02 Å². The van der Waals surface area contributed by atoms with E-state index in [2.05, 4.69) is 4.74 Å². The fraction of sp³-hybridized carbons (Fsp3) is 0.227. The van der Waals surface area contributed by atoms with Crippen LogP contribution in [0.3, 0.4) is 0 Å². The molecule has 0 spiro atoms. The number of thiophene rings is 1. The summed E-state index contributed by atoms with van der Waals surface area (Å²) in [5.74, 6) is -0.0635. The second-order valence-corrected chi connectivity index (χ2v) is 8.88. The topological polar surface area (TPSA) is 28.1 Å². The molecule has 2 heterocycles. The molecule has 0 amide bonds. The summed E-state index contributed by atoms with van der Waals surface area (Å²) in [5, 5.41) is 3.91. The smallest absolute Gasteiger partial charge is 0.406 e. The maximum Gasteiger partial charge on any atom is 0.573 e. The normalized spacial score (nSPS) is 17.1. The molecule has 0 bridgehead atoms. The van der Waals surface area contributed by atoms with Gasteiger partial charge in [-0.1, -0.05) is 17.7 Å². The second-order valence-electron chi connectivity index (χ2n) is 7.21. The van der Waals surface area contributed by atoms with Crippen LogP contribution in [0.2, 0.25) is 5.02 Å². The van der Waals surface area contributed by atoms with E-state index in [1.165, 1.54) is 29.5 Å². The lowest BCUT2D eigenvalue weighted by atomic mass is 10.1. The van der Waals surface area contributed by atoms with E-state index in [1.54, 1.807) is 36.3 Å². The molecule has 32 heavy (non-hydrogen) atoms. The molecule has 0 N–H and O–H groups in total. The Morgan fingerprint density at radius 1 is 1.09 bits per heavy atom. The largest absolute Gasteiger partial charge is 0.573 e. The average Bonchev–Trinajstić information content (AvgIpc) is 3.22. The molecule has 1 unspecified atom stereocenters. The number of benzene rings is 2. The Labute approximate surface area is 191 Å². The van der Waals surface area contributed by atoms with Crippen molar-refractivity contribution in [3.63, 3.8) is 0 Å². The zero-order valence-electron chi connectivity index (χ0n) is 17.2. The molecule has 1 aliphatic rings. The molecule has 4 nitrogen and oxygen atoms in total. The zero-order valence-corrected chi connectivity index (χ0v) is 18.8. The molecule has 168 valence electrons. The molecule has 0 aliphatic carbocycles. The van der Waals surface area contributed by atoms with Crippen LogP contribution in [0.1, 0.15) is 22.2 Å². The van der Waals surface area contributed by atoms with Crippen molar-refractivity contribution < 1.29 is 22.3 Å². The van der Waals surface area contributed by atoms with Gasteiger partial charge >= 0.3 is 6.36 Å². The second kappa shape index (κ2) is 8.38. The SMILES string of the molecule is Cc1sc(-c2ccc(OC(F)(F)F)cc2)cc1C1=NC(c2c(F)cccc2Cl)N(C)N1C. The van der Waals surface area contributed by atoms with Crippen LogP contribution in [0.25, 0.3) is 10.4 Å². The van der Waals surface area contributed by atoms with Crippen LogP contribution in [-0.2, 0) is 0 Å². The number of amidine groups is 1.